The fourth-order valence-corrected chi connectivity index (χ4v) is 5.80. The summed E-state index contributed by atoms with van der Waals surface area (Å²) in [5.74, 6) is 0.662. The van der Waals surface area contributed by atoms with Crippen LogP contribution in [0.15, 0.2) is 64.3 Å². The molecule has 0 amide bonds. The number of para-hydroxylation sites is 1. The van der Waals surface area contributed by atoms with Gasteiger partial charge in [0.2, 0.25) is 10.0 Å². The molecule has 0 N–H and O–H groups in total. The van der Waals surface area contributed by atoms with Crippen LogP contribution in [0.25, 0.3) is 5.69 Å². The van der Waals surface area contributed by atoms with E-state index in [1.165, 1.54) is 10.7 Å². The topological polar surface area (TPSA) is 75.5 Å². The minimum absolute atomic E-state index is 0.204. The van der Waals surface area contributed by atoms with E-state index in [1.54, 1.807) is 16.4 Å². The van der Waals surface area contributed by atoms with Gasteiger partial charge in [-0.25, -0.2) is 8.42 Å². The van der Waals surface area contributed by atoms with Crippen molar-refractivity contribution >= 4 is 15.8 Å². The van der Waals surface area contributed by atoms with Crippen molar-refractivity contribution in [3.63, 3.8) is 0 Å². The van der Waals surface area contributed by atoms with E-state index < -0.39 is 10.0 Å². The van der Waals surface area contributed by atoms with Crippen LogP contribution < -0.4 is 10.5 Å². The smallest absolute Gasteiger partial charge is 0.271 e. The number of nitrogens with zero attached hydrogens (tertiary/aromatic N) is 4. The number of anilines is 1. The second-order valence-electron chi connectivity index (χ2n) is 8.22. The van der Waals surface area contributed by atoms with Crippen molar-refractivity contribution < 1.29 is 8.42 Å². The van der Waals surface area contributed by atoms with Gasteiger partial charge >= 0.3 is 0 Å². The van der Waals surface area contributed by atoms with Gasteiger partial charge in [0.1, 0.15) is 5.82 Å². The molecule has 1 saturated heterocycles. The summed E-state index contributed by atoms with van der Waals surface area (Å²) in [5.41, 5.74) is 3.32. The molecule has 0 bridgehead atoms. The first-order valence-corrected chi connectivity index (χ1v) is 12.2. The van der Waals surface area contributed by atoms with Gasteiger partial charge in [0.25, 0.3) is 5.56 Å². The second kappa shape index (κ2) is 8.88. The Labute approximate surface area is 189 Å². The van der Waals surface area contributed by atoms with E-state index in [9.17, 15) is 13.2 Å². The van der Waals surface area contributed by atoms with E-state index in [0.29, 0.717) is 49.0 Å². The van der Waals surface area contributed by atoms with Gasteiger partial charge in [-0.2, -0.15) is 8.99 Å². The summed E-state index contributed by atoms with van der Waals surface area (Å²) in [7, 11) is -3.59. The Kier molecular flexibility index (Phi) is 6.17. The van der Waals surface area contributed by atoms with Crippen LogP contribution in [0.5, 0.6) is 0 Å². The maximum atomic E-state index is 13.4. The zero-order valence-corrected chi connectivity index (χ0v) is 19.5. The molecule has 0 atom stereocenters. The Morgan fingerprint density at radius 2 is 1.53 bits per heavy atom. The van der Waals surface area contributed by atoms with E-state index >= 15 is 0 Å². The number of benzene rings is 2. The molecule has 32 heavy (non-hydrogen) atoms. The standard InChI is InChI=1S/C24H28N4O3S/c1-18-16-20(3)22(17-19(18)2)32(30,31)27-13-7-12-26(14-15-27)23-10-11-24(29)28(25-23)21-8-5-4-6-9-21/h4-6,8-11,16-17H,7,12-15H2,1-3H3. The number of hydrogen-bond donors (Lipinski definition) is 0. The molecule has 168 valence electrons. The van der Waals surface area contributed by atoms with Crippen molar-refractivity contribution in [1.29, 1.82) is 0 Å². The van der Waals surface area contributed by atoms with Crippen molar-refractivity contribution in [1.82, 2.24) is 14.1 Å². The van der Waals surface area contributed by atoms with Crippen LogP contribution in [0.2, 0.25) is 0 Å². The summed E-state index contributed by atoms with van der Waals surface area (Å²) in [6.07, 6.45) is 0.676. The average molecular weight is 453 g/mol. The number of sulfonamides is 1. The highest BCUT2D eigenvalue weighted by Gasteiger charge is 2.29. The summed E-state index contributed by atoms with van der Waals surface area (Å²) in [5, 5.41) is 4.55. The number of hydrogen-bond acceptors (Lipinski definition) is 5. The first kappa shape index (κ1) is 22.2. The van der Waals surface area contributed by atoms with Crippen molar-refractivity contribution in [2.75, 3.05) is 31.1 Å². The summed E-state index contributed by atoms with van der Waals surface area (Å²) < 4.78 is 29.7. The molecule has 7 nitrogen and oxygen atoms in total. The molecular weight excluding hydrogens is 424 g/mol. The lowest BCUT2D eigenvalue weighted by molar-refractivity contribution is 0.432. The molecule has 0 radical (unpaired) electrons. The third kappa shape index (κ3) is 4.33. The largest absolute Gasteiger partial charge is 0.354 e. The fraction of sp³-hybridized carbons (Fsp3) is 0.333. The quantitative estimate of drug-likeness (QED) is 0.608. The third-order valence-corrected chi connectivity index (χ3v) is 8.02. The molecule has 3 aromatic rings. The molecule has 0 unspecified atom stereocenters. The van der Waals surface area contributed by atoms with Gasteiger partial charge in [0.15, 0.2) is 0 Å². The maximum absolute atomic E-state index is 13.4. The van der Waals surface area contributed by atoms with Gasteiger partial charge < -0.3 is 4.90 Å². The number of aryl methyl sites for hydroxylation is 3. The lowest BCUT2D eigenvalue weighted by Crippen LogP contribution is -2.36. The van der Waals surface area contributed by atoms with E-state index in [-0.39, 0.29) is 5.56 Å². The SMILES string of the molecule is Cc1cc(C)c(S(=O)(=O)N2CCCN(c3ccc(=O)n(-c4ccccc4)n3)CC2)cc1C. The average Bonchev–Trinajstić information content (AvgIpc) is 3.04. The first-order valence-electron chi connectivity index (χ1n) is 10.8. The zero-order chi connectivity index (χ0) is 22.9. The summed E-state index contributed by atoms with van der Waals surface area (Å²) in [6, 6.07) is 16.2. The van der Waals surface area contributed by atoms with Crippen molar-refractivity contribution in [2.24, 2.45) is 0 Å². The third-order valence-electron chi connectivity index (χ3n) is 5.97. The summed E-state index contributed by atoms with van der Waals surface area (Å²) in [4.78, 5) is 14.8. The lowest BCUT2D eigenvalue weighted by Gasteiger charge is -2.23. The molecule has 2 aromatic carbocycles. The molecule has 8 heteroatoms. The predicted molar refractivity (Wildman–Crippen MR) is 126 cm³/mol. The van der Waals surface area contributed by atoms with Crippen LogP contribution in [0.1, 0.15) is 23.1 Å². The Morgan fingerprint density at radius 1 is 0.812 bits per heavy atom. The van der Waals surface area contributed by atoms with Gasteiger partial charge in [0.05, 0.1) is 10.6 Å². The van der Waals surface area contributed by atoms with Gasteiger partial charge in [-0.15, -0.1) is 5.10 Å². The van der Waals surface area contributed by atoms with E-state index in [4.69, 9.17) is 0 Å². The van der Waals surface area contributed by atoms with Crippen LogP contribution in [-0.4, -0.2) is 48.7 Å². The fourth-order valence-electron chi connectivity index (χ4n) is 4.04. The van der Waals surface area contributed by atoms with Crippen LogP contribution >= 0.6 is 0 Å². The van der Waals surface area contributed by atoms with Crippen molar-refractivity contribution in [3.8, 4) is 5.69 Å². The van der Waals surface area contributed by atoms with Crippen LogP contribution in [-0.2, 0) is 10.0 Å². The molecule has 1 fully saturated rings. The summed E-state index contributed by atoms with van der Waals surface area (Å²) in [6.45, 7) is 7.75. The number of rotatable bonds is 4. The molecule has 1 aliphatic rings. The highest BCUT2D eigenvalue weighted by Crippen LogP contribution is 2.25. The summed E-state index contributed by atoms with van der Waals surface area (Å²) >= 11 is 0. The van der Waals surface area contributed by atoms with Gasteiger partial charge in [-0.3, -0.25) is 4.79 Å². The van der Waals surface area contributed by atoms with E-state index in [1.807, 2.05) is 62.1 Å². The Bertz CT molecular complexity index is 1290. The molecule has 0 saturated carbocycles. The minimum Gasteiger partial charge on any atom is -0.354 e. The minimum atomic E-state index is -3.59. The molecule has 0 spiro atoms. The monoisotopic (exact) mass is 452 g/mol. The Balaban J connectivity index is 1.58. The van der Waals surface area contributed by atoms with Crippen molar-refractivity contribution in [2.45, 2.75) is 32.1 Å². The Hall–Kier alpha value is -2.97. The molecule has 2 heterocycles. The normalized spacial score (nSPS) is 15.5. The first-order chi connectivity index (χ1) is 15.3. The molecule has 0 aliphatic carbocycles. The van der Waals surface area contributed by atoms with E-state index in [2.05, 4.69) is 5.10 Å². The molecule has 4 rings (SSSR count). The van der Waals surface area contributed by atoms with E-state index in [0.717, 1.165) is 16.7 Å². The highest BCUT2D eigenvalue weighted by atomic mass is 32.2. The van der Waals surface area contributed by atoms with Crippen LogP contribution in [0.4, 0.5) is 5.82 Å². The lowest BCUT2D eigenvalue weighted by atomic mass is 10.1. The van der Waals surface area contributed by atoms with Crippen molar-refractivity contribution in [3.05, 3.63) is 81.6 Å². The Morgan fingerprint density at radius 3 is 2.28 bits per heavy atom. The van der Waals surface area contributed by atoms with Crippen LogP contribution in [0.3, 0.4) is 0 Å². The highest BCUT2D eigenvalue weighted by molar-refractivity contribution is 7.89. The molecular formula is C24H28N4O3S. The maximum Gasteiger partial charge on any atom is 0.271 e. The van der Waals surface area contributed by atoms with Gasteiger partial charge in [0, 0.05) is 32.2 Å². The second-order valence-corrected chi connectivity index (χ2v) is 10.1. The van der Waals surface area contributed by atoms with Gasteiger partial charge in [-0.1, -0.05) is 24.3 Å². The zero-order valence-electron chi connectivity index (χ0n) is 18.7. The van der Waals surface area contributed by atoms with Crippen LogP contribution in [0, 0.1) is 20.8 Å². The predicted octanol–water partition coefficient (Wildman–Crippen LogP) is 3.06. The number of aromatic nitrogens is 2. The molecule has 1 aromatic heterocycles. The van der Waals surface area contributed by atoms with Gasteiger partial charge in [-0.05, 0) is 68.1 Å². The molecule has 1 aliphatic heterocycles.